The number of hydrogen-bond acceptors (Lipinski definition) is 2. The largest absolute Gasteiger partial charge is 0.462 e. The lowest BCUT2D eigenvalue weighted by Crippen LogP contribution is -2.14. The molecule has 0 N–H and O–H groups in total. The van der Waals surface area contributed by atoms with Gasteiger partial charge in [-0.05, 0) is 25.8 Å². The van der Waals surface area contributed by atoms with Gasteiger partial charge in [0.1, 0.15) is 6.10 Å². The Morgan fingerprint density at radius 2 is 1.91 bits per heavy atom. The van der Waals surface area contributed by atoms with Gasteiger partial charge in [0.25, 0.3) is 0 Å². The van der Waals surface area contributed by atoms with Crippen molar-refractivity contribution in [1.29, 1.82) is 0 Å². The van der Waals surface area contributed by atoms with E-state index in [-0.39, 0.29) is 23.9 Å². The normalized spacial score (nSPS) is 25.9. The molecule has 0 spiro atoms. The topological polar surface area (TPSA) is 26.3 Å². The zero-order valence-electron chi connectivity index (χ0n) is 14.5. The summed E-state index contributed by atoms with van der Waals surface area (Å²) in [4.78, 5) is 11.7. The Morgan fingerprint density at radius 1 is 1.22 bits per heavy atom. The van der Waals surface area contributed by atoms with Gasteiger partial charge in [-0.1, -0.05) is 79.6 Å². The van der Waals surface area contributed by atoms with Crippen LogP contribution >= 0.6 is 0 Å². The van der Waals surface area contributed by atoms with Crippen LogP contribution in [0.15, 0.2) is 59.7 Å². The molecule has 0 aliphatic carbocycles. The highest BCUT2D eigenvalue weighted by molar-refractivity contribution is 5.75. The second kappa shape index (κ2) is 7.96. The summed E-state index contributed by atoms with van der Waals surface area (Å²) in [6.45, 7) is 8.17. The fraction of sp³-hybridized carbons (Fsp3) is 0.381. The Labute approximate surface area is 139 Å². The Bertz CT molecular complexity index is 623. The minimum absolute atomic E-state index is 0.0346. The first-order chi connectivity index (χ1) is 11.0. The number of cyclic esters (lactones) is 1. The van der Waals surface area contributed by atoms with E-state index in [4.69, 9.17) is 4.74 Å². The van der Waals surface area contributed by atoms with Crippen molar-refractivity contribution in [2.45, 2.75) is 40.2 Å². The molecule has 1 heterocycles. The predicted molar refractivity (Wildman–Crippen MR) is 95.8 cm³/mol. The second-order valence-electron chi connectivity index (χ2n) is 6.24. The Kier molecular flexibility index (Phi) is 5.97. The summed E-state index contributed by atoms with van der Waals surface area (Å²) < 4.78 is 5.32. The SMILES string of the molecule is CCC(/C=C(C)/C=C/c1ccccc1)=C\[C@H]1[C@H](C)OC(=O)[C@@H]1C. The molecule has 2 heteroatoms. The molecule has 1 fully saturated rings. The average molecular weight is 310 g/mol. The molecular weight excluding hydrogens is 284 g/mol. The number of allylic oxidation sites excluding steroid dienone is 4. The van der Waals surface area contributed by atoms with Crippen molar-refractivity contribution < 1.29 is 9.53 Å². The van der Waals surface area contributed by atoms with Gasteiger partial charge in [-0.25, -0.2) is 0 Å². The molecule has 23 heavy (non-hydrogen) atoms. The van der Waals surface area contributed by atoms with Crippen molar-refractivity contribution in [1.82, 2.24) is 0 Å². The Morgan fingerprint density at radius 3 is 2.48 bits per heavy atom. The fourth-order valence-electron chi connectivity index (χ4n) is 2.86. The average Bonchev–Trinajstić information content (AvgIpc) is 2.79. The van der Waals surface area contributed by atoms with Crippen molar-refractivity contribution >= 4 is 12.0 Å². The van der Waals surface area contributed by atoms with E-state index in [0.29, 0.717) is 0 Å². The van der Waals surface area contributed by atoms with E-state index in [2.05, 4.69) is 50.3 Å². The third-order valence-electron chi connectivity index (χ3n) is 4.36. The number of benzene rings is 1. The van der Waals surface area contributed by atoms with Gasteiger partial charge >= 0.3 is 5.97 Å². The van der Waals surface area contributed by atoms with Gasteiger partial charge in [-0.15, -0.1) is 0 Å². The van der Waals surface area contributed by atoms with Crippen LogP contribution in [0, 0.1) is 11.8 Å². The maximum absolute atomic E-state index is 11.7. The molecular formula is C21H26O2. The molecule has 0 amide bonds. The van der Waals surface area contributed by atoms with Crippen molar-refractivity contribution in [3.05, 3.63) is 65.3 Å². The molecule has 1 aliphatic rings. The molecule has 0 radical (unpaired) electrons. The van der Waals surface area contributed by atoms with Gasteiger partial charge in [0, 0.05) is 5.92 Å². The molecule has 122 valence electrons. The molecule has 1 aromatic carbocycles. The Balaban J connectivity index is 2.12. The van der Waals surface area contributed by atoms with E-state index in [1.807, 2.05) is 32.0 Å². The van der Waals surface area contributed by atoms with Crippen molar-refractivity contribution in [3.63, 3.8) is 0 Å². The molecule has 2 rings (SSSR count). The number of carbonyl (C=O) groups is 1. The monoisotopic (exact) mass is 310 g/mol. The van der Waals surface area contributed by atoms with Gasteiger partial charge in [0.15, 0.2) is 0 Å². The molecule has 1 saturated heterocycles. The van der Waals surface area contributed by atoms with E-state index in [0.717, 1.165) is 6.42 Å². The van der Waals surface area contributed by atoms with E-state index in [1.165, 1.54) is 16.7 Å². The summed E-state index contributed by atoms with van der Waals surface area (Å²) in [5, 5.41) is 0. The van der Waals surface area contributed by atoms with Crippen LogP contribution in [0.5, 0.6) is 0 Å². The van der Waals surface area contributed by atoms with Gasteiger partial charge in [-0.2, -0.15) is 0 Å². The first-order valence-corrected chi connectivity index (χ1v) is 8.34. The van der Waals surface area contributed by atoms with Crippen LogP contribution in [-0.2, 0) is 9.53 Å². The third kappa shape index (κ3) is 4.69. The lowest BCUT2D eigenvalue weighted by Gasteiger charge is -2.12. The fourth-order valence-corrected chi connectivity index (χ4v) is 2.86. The van der Waals surface area contributed by atoms with E-state index >= 15 is 0 Å². The maximum Gasteiger partial charge on any atom is 0.309 e. The molecule has 3 atom stereocenters. The van der Waals surface area contributed by atoms with E-state index in [9.17, 15) is 4.79 Å². The molecule has 0 aromatic heterocycles. The van der Waals surface area contributed by atoms with Crippen molar-refractivity contribution in [2.75, 3.05) is 0 Å². The highest BCUT2D eigenvalue weighted by Crippen LogP contribution is 2.30. The number of esters is 1. The van der Waals surface area contributed by atoms with Gasteiger partial charge in [0.05, 0.1) is 5.92 Å². The third-order valence-corrected chi connectivity index (χ3v) is 4.36. The molecule has 0 saturated carbocycles. The summed E-state index contributed by atoms with van der Waals surface area (Å²) in [7, 11) is 0. The first kappa shape index (κ1) is 17.3. The van der Waals surface area contributed by atoms with Crippen LogP contribution in [0.1, 0.15) is 39.7 Å². The molecule has 0 bridgehead atoms. The van der Waals surface area contributed by atoms with Gasteiger partial charge in [0.2, 0.25) is 0 Å². The predicted octanol–water partition coefficient (Wildman–Crippen LogP) is 5.18. The minimum atomic E-state index is -0.0844. The van der Waals surface area contributed by atoms with Crippen molar-refractivity contribution in [3.8, 4) is 0 Å². The molecule has 1 aromatic rings. The number of rotatable bonds is 5. The highest BCUT2D eigenvalue weighted by atomic mass is 16.6. The number of ether oxygens (including phenoxy) is 1. The van der Waals surface area contributed by atoms with Crippen LogP contribution < -0.4 is 0 Å². The smallest absolute Gasteiger partial charge is 0.309 e. The molecule has 2 nitrogen and oxygen atoms in total. The summed E-state index contributed by atoms with van der Waals surface area (Å²) in [6.07, 6.45) is 9.56. The zero-order valence-corrected chi connectivity index (χ0v) is 14.5. The molecule has 0 unspecified atom stereocenters. The summed E-state index contributed by atoms with van der Waals surface area (Å²) in [5.41, 5.74) is 3.65. The van der Waals surface area contributed by atoms with E-state index in [1.54, 1.807) is 0 Å². The first-order valence-electron chi connectivity index (χ1n) is 8.34. The van der Waals surface area contributed by atoms with Crippen molar-refractivity contribution in [2.24, 2.45) is 11.8 Å². The summed E-state index contributed by atoms with van der Waals surface area (Å²) in [5.74, 6) is 0.0265. The summed E-state index contributed by atoms with van der Waals surface area (Å²) in [6, 6.07) is 10.3. The molecule has 1 aliphatic heterocycles. The standard InChI is InChI=1S/C21H26O2/c1-5-18(14-20-16(3)21(22)23-17(20)4)13-15(2)11-12-19-9-7-6-8-10-19/h6-14,16-17,20H,5H2,1-4H3/b12-11+,15-13+,18-14+/t16-,17+,20-/m1/s1. The van der Waals surface area contributed by atoms with Crippen LogP contribution in [0.4, 0.5) is 0 Å². The second-order valence-corrected chi connectivity index (χ2v) is 6.24. The van der Waals surface area contributed by atoms with Crippen LogP contribution in [0.3, 0.4) is 0 Å². The lowest BCUT2D eigenvalue weighted by atomic mass is 9.89. The quantitative estimate of drug-likeness (QED) is 0.553. The van der Waals surface area contributed by atoms with Gasteiger partial charge < -0.3 is 4.74 Å². The summed E-state index contributed by atoms with van der Waals surface area (Å²) >= 11 is 0. The number of hydrogen-bond donors (Lipinski definition) is 0. The van der Waals surface area contributed by atoms with Crippen LogP contribution in [0.25, 0.3) is 6.08 Å². The van der Waals surface area contributed by atoms with Crippen LogP contribution in [-0.4, -0.2) is 12.1 Å². The zero-order chi connectivity index (χ0) is 16.8. The van der Waals surface area contributed by atoms with E-state index < -0.39 is 0 Å². The number of carbonyl (C=O) groups excluding carboxylic acids is 1. The lowest BCUT2D eigenvalue weighted by molar-refractivity contribution is -0.143. The minimum Gasteiger partial charge on any atom is -0.462 e. The Hall–Kier alpha value is -2.09. The highest BCUT2D eigenvalue weighted by Gasteiger charge is 2.37. The van der Waals surface area contributed by atoms with Gasteiger partial charge in [-0.3, -0.25) is 4.79 Å². The maximum atomic E-state index is 11.7. The van der Waals surface area contributed by atoms with Crippen LogP contribution in [0.2, 0.25) is 0 Å².